The van der Waals surface area contributed by atoms with Crippen molar-refractivity contribution in [2.75, 3.05) is 33.2 Å². The lowest BCUT2D eigenvalue weighted by Gasteiger charge is -2.31. The van der Waals surface area contributed by atoms with E-state index in [1.54, 1.807) is 6.92 Å². The zero-order chi connectivity index (χ0) is 14.6. The SMILES string of the molecule is CC(C)C(C)(CC(=O)N1CCCN(C)CC1)C(=O)O. The number of hydrogen-bond donors (Lipinski definition) is 1. The second-order valence-electron chi connectivity index (χ2n) is 6.09. The van der Waals surface area contributed by atoms with Crippen LogP contribution in [0.2, 0.25) is 0 Å². The Balaban J connectivity index is 2.69. The molecule has 5 nitrogen and oxygen atoms in total. The van der Waals surface area contributed by atoms with E-state index in [0.717, 1.165) is 26.1 Å². The van der Waals surface area contributed by atoms with Gasteiger partial charge in [0.05, 0.1) is 5.41 Å². The predicted octanol–water partition coefficient (Wildman–Crippen LogP) is 1.29. The second kappa shape index (κ2) is 6.37. The Labute approximate surface area is 115 Å². The van der Waals surface area contributed by atoms with Gasteiger partial charge in [-0.25, -0.2) is 0 Å². The van der Waals surface area contributed by atoms with E-state index in [2.05, 4.69) is 4.90 Å². The molecule has 1 unspecified atom stereocenters. The number of nitrogens with zero attached hydrogens (tertiary/aromatic N) is 2. The minimum Gasteiger partial charge on any atom is -0.481 e. The van der Waals surface area contributed by atoms with Gasteiger partial charge in [-0.05, 0) is 32.9 Å². The molecule has 0 aliphatic carbocycles. The molecule has 0 aromatic carbocycles. The molecule has 1 N–H and O–H groups in total. The van der Waals surface area contributed by atoms with E-state index in [4.69, 9.17) is 0 Å². The molecule has 0 spiro atoms. The number of likely N-dealkylation sites (N-methyl/N-ethyl adjacent to an activating group) is 1. The molecule has 1 heterocycles. The highest BCUT2D eigenvalue weighted by Crippen LogP contribution is 2.32. The van der Waals surface area contributed by atoms with Crippen LogP contribution < -0.4 is 0 Å². The standard InChI is InChI=1S/C14H26N2O3/c1-11(2)14(3,13(18)19)10-12(17)16-7-5-6-15(4)8-9-16/h11H,5-10H2,1-4H3,(H,18,19). The van der Waals surface area contributed by atoms with Gasteiger partial charge in [-0.15, -0.1) is 0 Å². The molecule has 1 atom stereocenters. The van der Waals surface area contributed by atoms with Crippen molar-refractivity contribution in [1.29, 1.82) is 0 Å². The fourth-order valence-corrected chi connectivity index (χ4v) is 2.25. The minimum atomic E-state index is -0.977. The van der Waals surface area contributed by atoms with E-state index in [1.165, 1.54) is 0 Å². The number of amides is 1. The first-order chi connectivity index (χ1) is 8.77. The number of carboxylic acid groups (broad SMARTS) is 1. The van der Waals surface area contributed by atoms with E-state index in [-0.39, 0.29) is 18.2 Å². The van der Waals surface area contributed by atoms with Gasteiger partial charge in [-0.3, -0.25) is 9.59 Å². The number of aliphatic carboxylic acids is 1. The van der Waals surface area contributed by atoms with Crippen molar-refractivity contribution in [1.82, 2.24) is 9.80 Å². The summed E-state index contributed by atoms with van der Waals surface area (Å²) in [4.78, 5) is 27.8. The van der Waals surface area contributed by atoms with Crippen LogP contribution >= 0.6 is 0 Å². The van der Waals surface area contributed by atoms with Crippen molar-refractivity contribution in [3.63, 3.8) is 0 Å². The van der Waals surface area contributed by atoms with E-state index in [9.17, 15) is 14.7 Å². The summed E-state index contributed by atoms with van der Waals surface area (Å²) >= 11 is 0. The largest absolute Gasteiger partial charge is 0.481 e. The molecule has 1 fully saturated rings. The van der Waals surface area contributed by atoms with Crippen LogP contribution in [0.4, 0.5) is 0 Å². The van der Waals surface area contributed by atoms with Crippen molar-refractivity contribution in [3.8, 4) is 0 Å². The van der Waals surface area contributed by atoms with Gasteiger partial charge in [0.15, 0.2) is 0 Å². The summed E-state index contributed by atoms with van der Waals surface area (Å²) in [5.74, 6) is -0.986. The zero-order valence-electron chi connectivity index (χ0n) is 12.5. The Hall–Kier alpha value is -1.10. The van der Waals surface area contributed by atoms with E-state index in [0.29, 0.717) is 6.54 Å². The van der Waals surface area contributed by atoms with Crippen LogP contribution in [-0.2, 0) is 9.59 Å². The Morgan fingerprint density at radius 1 is 1.21 bits per heavy atom. The molecule has 19 heavy (non-hydrogen) atoms. The highest BCUT2D eigenvalue weighted by atomic mass is 16.4. The maximum Gasteiger partial charge on any atom is 0.310 e. The van der Waals surface area contributed by atoms with Crippen LogP contribution in [0.1, 0.15) is 33.6 Å². The van der Waals surface area contributed by atoms with Gasteiger partial charge in [0, 0.05) is 26.1 Å². The van der Waals surface area contributed by atoms with Crippen LogP contribution in [-0.4, -0.2) is 60.0 Å². The number of hydrogen-bond acceptors (Lipinski definition) is 3. The number of carbonyl (C=O) groups is 2. The highest BCUT2D eigenvalue weighted by molar-refractivity contribution is 5.85. The first kappa shape index (κ1) is 16.0. The van der Waals surface area contributed by atoms with Gasteiger partial charge in [0.25, 0.3) is 0 Å². The maximum atomic E-state index is 12.3. The highest BCUT2D eigenvalue weighted by Gasteiger charge is 2.39. The van der Waals surface area contributed by atoms with Gasteiger partial charge >= 0.3 is 5.97 Å². The lowest BCUT2D eigenvalue weighted by Crippen LogP contribution is -2.42. The first-order valence-corrected chi connectivity index (χ1v) is 6.97. The van der Waals surface area contributed by atoms with Crippen LogP contribution in [0.25, 0.3) is 0 Å². The summed E-state index contributed by atoms with van der Waals surface area (Å²) in [7, 11) is 2.05. The molecule has 1 aliphatic heterocycles. The van der Waals surface area contributed by atoms with Gasteiger partial charge in [-0.1, -0.05) is 13.8 Å². The summed E-state index contributed by atoms with van der Waals surface area (Å²) in [6.07, 6.45) is 1.04. The summed E-state index contributed by atoms with van der Waals surface area (Å²) in [5, 5.41) is 9.37. The maximum absolute atomic E-state index is 12.3. The molecule has 0 saturated carbocycles. The average molecular weight is 270 g/mol. The van der Waals surface area contributed by atoms with Crippen molar-refractivity contribution in [2.24, 2.45) is 11.3 Å². The topological polar surface area (TPSA) is 60.9 Å². The van der Waals surface area contributed by atoms with Crippen LogP contribution in [0, 0.1) is 11.3 Å². The third-order valence-corrected chi connectivity index (χ3v) is 4.35. The fraction of sp³-hybridized carbons (Fsp3) is 0.857. The summed E-state index contributed by atoms with van der Waals surface area (Å²) in [5.41, 5.74) is -0.977. The Kier molecular flexibility index (Phi) is 5.35. The Morgan fingerprint density at radius 2 is 1.84 bits per heavy atom. The second-order valence-corrected chi connectivity index (χ2v) is 6.09. The quantitative estimate of drug-likeness (QED) is 0.836. The smallest absolute Gasteiger partial charge is 0.310 e. The van der Waals surface area contributed by atoms with Crippen LogP contribution in [0.15, 0.2) is 0 Å². The normalized spacial score (nSPS) is 21.0. The molecule has 0 aromatic rings. The molecule has 1 saturated heterocycles. The van der Waals surface area contributed by atoms with E-state index >= 15 is 0 Å². The van der Waals surface area contributed by atoms with E-state index in [1.807, 2.05) is 25.8 Å². The minimum absolute atomic E-state index is 0.0334. The van der Waals surface area contributed by atoms with Gasteiger partial charge in [-0.2, -0.15) is 0 Å². The number of rotatable bonds is 4. The third-order valence-electron chi connectivity index (χ3n) is 4.35. The molecule has 0 bridgehead atoms. The molecular formula is C14H26N2O3. The summed E-state index contributed by atoms with van der Waals surface area (Å²) < 4.78 is 0. The number of carbonyl (C=O) groups excluding carboxylic acids is 1. The lowest BCUT2D eigenvalue weighted by molar-refractivity contribution is -0.155. The van der Waals surface area contributed by atoms with Gasteiger partial charge in [0.1, 0.15) is 0 Å². The van der Waals surface area contributed by atoms with E-state index < -0.39 is 11.4 Å². The first-order valence-electron chi connectivity index (χ1n) is 6.97. The molecule has 0 aromatic heterocycles. The predicted molar refractivity (Wildman–Crippen MR) is 73.9 cm³/mol. The fourth-order valence-electron chi connectivity index (χ4n) is 2.25. The molecule has 1 aliphatic rings. The lowest BCUT2D eigenvalue weighted by atomic mass is 9.76. The molecule has 5 heteroatoms. The van der Waals surface area contributed by atoms with Crippen molar-refractivity contribution < 1.29 is 14.7 Å². The van der Waals surface area contributed by atoms with Crippen LogP contribution in [0.5, 0.6) is 0 Å². The van der Waals surface area contributed by atoms with Crippen LogP contribution in [0.3, 0.4) is 0 Å². The summed E-state index contributed by atoms with van der Waals surface area (Å²) in [6, 6.07) is 0. The van der Waals surface area contributed by atoms with Crippen molar-refractivity contribution in [2.45, 2.75) is 33.6 Å². The van der Waals surface area contributed by atoms with Gasteiger partial charge in [0.2, 0.25) is 5.91 Å². The third kappa shape index (κ3) is 3.93. The molecule has 1 amide bonds. The zero-order valence-corrected chi connectivity index (χ0v) is 12.5. The van der Waals surface area contributed by atoms with Crippen molar-refractivity contribution >= 4 is 11.9 Å². The number of carboxylic acids is 1. The van der Waals surface area contributed by atoms with Gasteiger partial charge < -0.3 is 14.9 Å². The van der Waals surface area contributed by atoms with Crippen molar-refractivity contribution in [3.05, 3.63) is 0 Å². The average Bonchev–Trinajstić information content (AvgIpc) is 2.53. The monoisotopic (exact) mass is 270 g/mol. The summed E-state index contributed by atoms with van der Waals surface area (Å²) in [6.45, 7) is 8.67. The Morgan fingerprint density at radius 3 is 2.37 bits per heavy atom. The molecule has 1 rings (SSSR count). The Bertz CT molecular complexity index is 344. The molecule has 0 radical (unpaired) electrons. The molecule has 110 valence electrons. The molecular weight excluding hydrogens is 244 g/mol.